The molecule has 0 radical (unpaired) electrons. The van der Waals surface area contributed by atoms with Crippen LogP contribution >= 0.6 is 0 Å². The summed E-state index contributed by atoms with van der Waals surface area (Å²) in [7, 11) is 0. The van der Waals surface area contributed by atoms with E-state index in [1.54, 1.807) is 0 Å². The summed E-state index contributed by atoms with van der Waals surface area (Å²) in [4.78, 5) is 27.8. The molecule has 1 aliphatic rings. The van der Waals surface area contributed by atoms with Crippen LogP contribution in [0.15, 0.2) is 115 Å². The van der Waals surface area contributed by atoms with Gasteiger partial charge < -0.3 is 10.2 Å². The third-order valence-electron chi connectivity index (χ3n) is 7.76. The van der Waals surface area contributed by atoms with Crippen molar-refractivity contribution in [3.05, 3.63) is 138 Å². The number of nitriles is 1. The van der Waals surface area contributed by atoms with Gasteiger partial charge >= 0.3 is 0 Å². The van der Waals surface area contributed by atoms with Gasteiger partial charge in [0.2, 0.25) is 5.91 Å². The summed E-state index contributed by atoms with van der Waals surface area (Å²) >= 11 is 0. The van der Waals surface area contributed by atoms with Crippen molar-refractivity contribution in [2.45, 2.75) is 18.5 Å². The Morgan fingerprint density at radius 3 is 1.83 bits per heavy atom. The molecule has 5 aromatic rings. The lowest BCUT2D eigenvalue weighted by Crippen LogP contribution is -2.48. The standard InChI is InChI=1S/C35H32N6O/c36-24-29(35(42)37-25-26-12-4-1-5-13-26)32-34(39-31-19-11-10-18-30(31)38-32)41-22-20-40(21-23-41)33(27-14-6-2-7-15-27)28-16-8-3-9-17-28/h1-19,29,33H,20-23,25H2,(H,37,42)/t29-/m0/s1. The molecule has 2 heterocycles. The molecule has 0 spiro atoms. The van der Waals surface area contributed by atoms with Crippen LogP contribution in [0.3, 0.4) is 0 Å². The normalized spacial score (nSPS) is 14.4. The van der Waals surface area contributed by atoms with Crippen molar-refractivity contribution in [3.63, 3.8) is 0 Å². The minimum Gasteiger partial charge on any atom is -0.352 e. The van der Waals surface area contributed by atoms with Gasteiger partial charge in [0.05, 0.1) is 23.1 Å². The Morgan fingerprint density at radius 2 is 1.26 bits per heavy atom. The summed E-state index contributed by atoms with van der Waals surface area (Å²) in [5, 5.41) is 13.1. The molecule has 1 atom stereocenters. The fourth-order valence-electron chi connectivity index (χ4n) is 5.64. The van der Waals surface area contributed by atoms with Crippen molar-refractivity contribution in [3.8, 4) is 6.07 Å². The van der Waals surface area contributed by atoms with E-state index in [9.17, 15) is 10.1 Å². The van der Waals surface area contributed by atoms with Gasteiger partial charge in [-0.05, 0) is 28.8 Å². The topological polar surface area (TPSA) is 85.1 Å². The molecule has 7 heteroatoms. The van der Waals surface area contributed by atoms with Crippen molar-refractivity contribution in [1.82, 2.24) is 20.2 Å². The van der Waals surface area contributed by atoms with Gasteiger partial charge in [-0.25, -0.2) is 9.97 Å². The zero-order valence-corrected chi connectivity index (χ0v) is 23.3. The van der Waals surface area contributed by atoms with Gasteiger partial charge in [-0.3, -0.25) is 9.69 Å². The van der Waals surface area contributed by atoms with E-state index in [1.165, 1.54) is 11.1 Å². The number of hydrogen-bond donors (Lipinski definition) is 1. The van der Waals surface area contributed by atoms with Gasteiger partial charge in [0, 0.05) is 32.7 Å². The SMILES string of the molecule is N#C[C@H](C(=O)NCc1ccccc1)c1nc2ccccc2nc1N1CCN(C(c2ccccc2)c2ccccc2)CC1. The summed E-state index contributed by atoms with van der Waals surface area (Å²) in [6.07, 6.45) is 0. The van der Waals surface area contributed by atoms with Crippen LogP contribution in [-0.4, -0.2) is 47.0 Å². The molecule has 208 valence electrons. The molecule has 42 heavy (non-hydrogen) atoms. The molecule has 6 rings (SSSR count). The maximum absolute atomic E-state index is 13.3. The predicted octanol–water partition coefficient (Wildman–Crippen LogP) is 5.46. The first kappa shape index (κ1) is 27.1. The largest absolute Gasteiger partial charge is 0.352 e. The number of carbonyl (C=O) groups excluding carboxylic acids is 1. The van der Waals surface area contributed by atoms with Crippen LogP contribution in [0.2, 0.25) is 0 Å². The summed E-state index contributed by atoms with van der Waals surface area (Å²) in [6.45, 7) is 3.31. The highest BCUT2D eigenvalue weighted by Gasteiger charge is 2.32. The molecular weight excluding hydrogens is 520 g/mol. The average molecular weight is 553 g/mol. The van der Waals surface area contributed by atoms with E-state index >= 15 is 0 Å². The van der Waals surface area contributed by atoms with E-state index in [-0.39, 0.29) is 11.9 Å². The van der Waals surface area contributed by atoms with Gasteiger partial charge in [-0.1, -0.05) is 103 Å². The molecule has 7 nitrogen and oxygen atoms in total. The van der Waals surface area contributed by atoms with E-state index < -0.39 is 5.92 Å². The first-order valence-corrected chi connectivity index (χ1v) is 14.3. The quantitative estimate of drug-likeness (QED) is 0.275. The number of nitrogens with zero attached hydrogens (tertiary/aromatic N) is 5. The third kappa shape index (κ3) is 5.85. The smallest absolute Gasteiger partial charge is 0.243 e. The highest BCUT2D eigenvalue weighted by Crippen LogP contribution is 2.32. The molecule has 1 amide bonds. The second-order valence-electron chi connectivity index (χ2n) is 10.4. The van der Waals surface area contributed by atoms with Gasteiger partial charge in [0.1, 0.15) is 5.69 Å². The Balaban J connectivity index is 1.27. The van der Waals surface area contributed by atoms with Crippen LogP contribution in [0.5, 0.6) is 0 Å². The molecule has 1 fully saturated rings. The number of piperazine rings is 1. The van der Waals surface area contributed by atoms with Crippen molar-refractivity contribution < 1.29 is 4.79 Å². The zero-order chi connectivity index (χ0) is 28.7. The van der Waals surface area contributed by atoms with E-state index in [0.717, 1.165) is 24.2 Å². The Labute approximate surface area is 246 Å². The van der Waals surface area contributed by atoms with Crippen LogP contribution in [0.1, 0.15) is 34.3 Å². The number of rotatable bonds is 8. The molecule has 0 bridgehead atoms. The number of anilines is 1. The number of benzene rings is 4. The summed E-state index contributed by atoms with van der Waals surface area (Å²) in [5.74, 6) is -0.856. The van der Waals surface area contributed by atoms with E-state index in [1.807, 2.05) is 66.7 Å². The van der Waals surface area contributed by atoms with Crippen molar-refractivity contribution >= 4 is 22.8 Å². The lowest BCUT2D eigenvalue weighted by molar-refractivity contribution is -0.121. The number of fused-ring (bicyclic) bond motifs is 1. The number of hydrogen-bond acceptors (Lipinski definition) is 6. The van der Waals surface area contributed by atoms with Crippen molar-refractivity contribution in [1.29, 1.82) is 5.26 Å². The summed E-state index contributed by atoms with van der Waals surface area (Å²) < 4.78 is 0. The fraction of sp³-hybridized carbons (Fsp3) is 0.200. The van der Waals surface area contributed by atoms with Gasteiger partial charge in [0.25, 0.3) is 0 Å². The lowest BCUT2D eigenvalue weighted by Gasteiger charge is -2.40. The third-order valence-corrected chi connectivity index (χ3v) is 7.76. The molecule has 1 aromatic heterocycles. The molecule has 0 saturated carbocycles. The Morgan fingerprint density at radius 1 is 0.738 bits per heavy atom. The average Bonchev–Trinajstić information content (AvgIpc) is 3.06. The molecule has 0 aliphatic carbocycles. The fourth-order valence-corrected chi connectivity index (χ4v) is 5.64. The number of nitrogens with one attached hydrogen (secondary N) is 1. The van der Waals surface area contributed by atoms with Gasteiger partial charge in [0.15, 0.2) is 11.7 Å². The summed E-state index contributed by atoms with van der Waals surface area (Å²) in [5.41, 5.74) is 5.28. The lowest BCUT2D eigenvalue weighted by atomic mass is 9.96. The minimum atomic E-state index is -1.08. The Bertz CT molecular complexity index is 1640. The monoisotopic (exact) mass is 552 g/mol. The highest BCUT2D eigenvalue weighted by atomic mass is 16.1. The maximum Gasteiger partial charge on any atom is 0.243 e. The van der Waals surface area contributed by atoms with E-state index in [4.69, 9.17) is 9.97 Å². The van der Waals surface area contributed by atoms with Crippen molar-refractivity contribution in [2.24, 2.45) is 0 Å². The van der Waals surface area contributed by atoms with E-state index in [0.29, 0.717) is 36.7 Å². The van der Waals surface area contributed by atoms with Crippen molar-refractivity contribution in [2.75, 3.05) is 31.1 Å². The van der Waals surface area contributed by atoms with Crippen LogP contribution in [-0.2, 0) is 11.3 Å². The molecule has 1 N–H and O–H groups in total. The zero-order valence-electron chi connectivity index (χ0n) is 23.3. The van der Waals surface area contributed by atoms with Gasteiger partial charge in [-0.2, -0.15) is 5.26 Å². The molecule has 1 aliphatic heterocycles. The number of aromatic nitrogens is 2. The molecule has 0 unspecified atom stereocenters. The molecule has 4 aromatic carbocycles. The maximum atomic E-state index is 13.3. The molecule has 1 saturated heterocycles. The summed E-state index contributed by atoms with van der Waals surface area (Å²) in [6, 6.07) is 40.8. The van der Waals surface area contributed by atoms with E-state index in [2.05, 4.69) is 69.7 Å². The van der Waals surface area contributed by atoms with Crippen LogP contribution < -0.4 is 10.2 Å². The Hall–Kier alpha value is -5.06. The first-order valence-electron chi connectivity index (χ1n) is 14.3. The molecular formula is C35H32N6O. The van der Waals surface area contributed by atoms with Crippen LogP contribution in [0.4, 0.5) is 5.82 Å². The number of para-hydroxylation sites is 2. The Kier molecular flexibility index (Phi) is 8.16. The predicted molar refractivity (Wildman–Crippen MR) is 165 cm³/mol. The van der Waals surface area contributed by atoms with Crippen LogP contribution in [0.25, 0.3) is 11.0 Å². The highest BCUT2D eigenvalue weighted by molar-refractivity contribution is 5.88. The first-order chi connectivity index (χ1) is 20.7. The van der Waals surface area contributed by atoms with Gasteiger partial charge in [-0.15, -0.1) is 0 Å². The minimum absolute atomic E-state index is 0.132. The second-order valence-corrected chi connectivity index (χ2v) is 10.4. The number of carbonyl (C=O) groups is 1. The second kappa shape index (κ2) is 12.6. The number of amides is 1. The van der Waals surface area contributed by atoms with Crippen LogP contribution in [0, 0.1) is 11.3 Å².